The number of aryl methyl sites for hydroxylation is 1. The number of amides is 2. The van der Waals surface area contributed by atoms with Crippen molar-refractivity contribution >= 4 is 18.2 Å². The van der Waals surface area contributed by atoms with Crippen LogP contribution in [0.25, 0.3) is 5.82 Å². The van der Waals surface area contributed by atoms with E-state index in [0.29, 0.717) is 23.4 Å². The van der Waals surface area contributed by atoms with Crippen molar-refractivity contribution in [1.82, 2.24) is 24.7 Å². The lowest BCUT2D eigenvalue weighted by atomic mass is 10.0. The molecule has 3 aromatic rings. The van der Waals surface area contributed by atoms with E-state index in [1.807, 2.05) is 0 Å². The number of aromatic carboxylic acids is 1. The van der Waals surface area contributed by atoms with E-state index < -0.39 is 23.9 Å². The molecule has 0 unspecified atom stereocenters. The van der Waals surface area contributed by atoms with Crippen LogP contribution in [0.3, 0.4) is 0 Å². The van der Waals surface area contributed by atoms with Crippen LogP contribution in [0.2, 0.25) is 0 Å². The lowest BCUT2D eigenvalue weighted by Gasteiger charge is -2.41. The van der Waals surface area contributed by atoms with Gasteiger partial charge in [-0.1, -0.05) is 12.1 Å². The number of likely N-dealkylation sites (tertiary alicyclic amines) is 1. The maximum Gasteiger partial charge on any atom is 0.341 e. The average Bonchev–Trinajstić information content (AvgIpc) is 3.41. The van der Waals surface area contributed by atoms with E-state index in [1.54, 1.807) is 32.2 Å². The number of carboxylic acid groups (broad SMARTS) is 1. The number of carboxylic acids is 1. The fourth-order valence-electron chi connectivity index (χ4n) is 4.37. The van der Waals surface area contributed by atoms with Crippen LogP contribution in [-0.4, -0.2) is 67.2 Å². The molecular weight excluding hydrogens is 474 g/mol. The fraction of sp³-hybridized carbons (Fsp3) is 0.292. The van der Waals surface area contributed by atoms with Crippen LogP contribution in [0.15, 0.2) is 41.6 Å². The maximum atomic E-state index is 14.4. The Morgan fingerprint density at radius 1 is 1.17 bits per heavy atom. The number of benzene rings is 1. The lowest BCUT2D eigenvalue weighted by Crippen LogP contribution is -2.58. The number of carbonyl (C=O) groups excluding carboxylic acids is 1. The topological polar surface area (TPSA) is 113 Å². The molecule has 0 bridgehead atoms. The van der Waals surface area contributed by atoms with Crippen LogP contribution >= 0.6 is 0 Å². The second kappa shape index (κ2) is 9.02. The van der Waals surface area contributed by atoms with Crippen molar-refractivity contribution in [2.75, 3.05) is 13.1 Å². The number of ether oxygens (including phenoxy) is 1. The van der Waals surface area contributed by atoms with Gasteiger partial charge in [0.1, 0.15) is 17.5 Å². The summed E-state index contributed by atoms with van der Waals surface area (Å²) in [5.74, 6) is -2.08. The molecule has 1 aromatic carbocycles. The number of halogens is 2. The van der Waals surface area contributed by atoms with Crippen molar-refractivity contribution in [1.29, 1.82) is 0 Å². The number of nitrogens with zero attached hydrogens (tertiary/aromatic N) is 6. The van der Waals surface area contributed by atoms with Crippen molar-refractivity contribution in [3.8, 4) is 11.6 Å². The zero-order valence-corrected chi connectivity index (χ0v) is 19.4. The molecule has 1 saturated heterocycles. The summed E-state index contributed by atoms with van der Waals surface area (Å²) < 4.78 is 35.2. The van der Waals surface area contributed by atoms with Crippen LogP contribution in [0.4, 0.5) is 13.6 Å². The highest BCUT2D eigenvalue weighted by Crippen LogP contribution is 2.31. The largest absolute Gasteiger partial charge is 0.483 e. The van der Waals surface area contributed by atoms with E-state index >= 15 is 0 Å². The van der Waals surface area contributed by atoms with Gasteiger partial charge in [0.15, 0.2) is 17.4 Å². The predicted octanol–water partition coefficient (Wildman–Crippen LogP) is 3.48. The summed E-state index contributed by atoms with van der Waals surface area (Å²) in [6, 6.07) is 6.65. The first-order valence-electron chi connectivity index (χ1n) is 11.2. The number of rotatable bonds is 5. The van der Waals surface area contributed by atoms with Gasteiger partial charge in [-0.3, -0.25) is 0 Å². The monoisotopic (exact) mass is 496 g/mol. The molecule has 1 atom stereocenters. The zero-order valence-electron chi connectivity index (χ0n) is 19.4. The minimum Gasteiger partial charge on any atom is -0.483 e. The van der Waals surface area contributed by atoms with Gasteiger partial charge >= 0.3 is 12.0 Å². The number of hydrogen-bond donors (Lipinski definition) is 1. The SMILES string of the molecule is Cc1nn(-c2cc(OC3CN(C(=O)N4N=CC[C@H]4c4cccc(F)c4)C3)c(F)cn2)c(C)c1C(=O)O. The van der Waals surface area contributed by atoms with Crippen molar-refractivity contribution in [2.24, 2.45) is 5.10 Å². The van der Waals surface area contributed by atoms with E-state index in [0.717, 1.165) is 6.20 Å². The Kier molecular flexibility index (Phi) is 5.86. The third-order valence-corrected chi connectivity index (χ3v) is 6.20. The molecule has 5 rings (SSSR count). The minimum atomic E-state index is -1.11. The van der Waals surface area contributed by atoms with Gasteiger partial charge in [-0.25, -0.2) is 33.0 Å². The summed E-state index contributed by atoms with van der Waals surface area (Å²) in [5.41, 5.74) is 1.36. The van der Waals surface area contributed by atoms with Crippen molar-refractivity contribution in [2.45, 2.75) is 32.4 Å². The van der Waals surface area contributed by atoms with Gasteiger partial charge in [-0.2, -0.15) is 10.2 Å². The van der Waals surface area contributed by atoms with Crippen LogP contribution in [0.1, 0.15) is 39.8 Å². The molecule has 186 valence electrons. The molecule has 1 N–H and O–H groups in total. The summed E-state index contributed by atoms with van der Waals surface area (Å²) in [5, 5.41) is 19.1. The molecule has 2 aliphatic rings. The molecule has 12 heteroatoms. The first-order chi connectivity index (χ1) is 17.2. The predicted molar refractivity (Wildman–Crippen MR) is 123 cm³/mol. The third kappa shape index (κ3) is 4.14. The number of hydrogen-bond acceptors (Lipinski definition) is 6. The Morgan fingerprint density at radius 2 is 1.94 bits per heavy atom. The third-order valence-electron chi connectivity index (χ3n) is 6.20. The molecule has 36 heavy (non-hydrogen) atoms. The van der Waals surface area contributed by atoms with Crippen molar-refractivity contribution < 1.29 is 28.2 Å². The van der Waals surface area contributed by atoms with Gasteiger partial charge in [0, 0.05) is 18.7 Å². The van der Waals surface area contributed by atoms with E-state index in [9.17, 15) is 23.5 Å². The summed E-state index contributed by atoms with van der Waals surface area (Å²) in [4.78, 5) is 30.0. The van der Waals surface area contributed by atoms with Crippen molar-refractivity contribution in [3.05, 3.63) is 70.7 Å². The molecule has 2 aromatic heterocycles. The second-order valence-corrected chi connectivity index (χ2v) is 8.61. The fourth-order valence-corrected chi connectivity index (χ4v) is 4.37. The van der Waals surface area contributed by atoms with Crippen LogP contribution in [0, 0.1) is 25.5 Å². The van der Waals surface area contributed by atoms with Crippen LogP contribution in [-0.2, 0) is 0 Å². The Bertz CT molecular complexity index is 1380. The van der Waals surface area contributed by atoms with Gasteiger partial charge in [0.25, 0.3) is 0 Å². The van der Waals surface area contributed by atoms with Gasteiger partial charge in [0.2, 0.25) is 0 Å². The number of aromatic nitrogens is 3. The number of urea groups is 1. The number of carbonyl (C=O) groups is 2. The highest BCUT2D eigenvalue weighted by molar-refractivity contribution is 5.90. The Balaban J connectivity index is 1.26. The Hall–Kier alpha value is -4.35. The minimum absolute atomic E-state index is 0.0536. The molecule has 10 nitrogen and oxygen atoms in total. The molecule has 2 aliphatic heterocycles. The lowest BCUT2D eigenvalue weighted by molar-refractivity contribution is 0.0256. The van der Waals surface area contributed by atoms with Gasteiger partial charge in [-0.05, 0) is 31.5 Å². The standard InChI is InChI=1S/C24H22F2N6O4/c1-13-22(23(33)34)14(2)31(29-13)21-9-20(18(26)10-27-21)36-17-11-30(12-17)24(35)32-19(6-7-28-32)15-4-3-5-16(25)8-15/h3-5,7-10,17,19H,6,11-12H2,1-2H3,(H,33,34)/t19-/m0/s1. The summed E-state index contributed by atoms with van der Waals surface area (Å²) in [7, 11) is 0. The summed E-state index contributed by atoms with van der Waals surface area (Å²) in [6.07, 6.45) is 2.60. The number of pyridine rings is 1. The molecule has 0 aliphatic carbocycles. The molecule has 0 radical (unpaired) electrons. The first kappa shape index (κ1) is 23.4. The number of hydrazone groups is 1. The van der Waals surface area contributed by atoms with Crippen LogP contribution in [0.5, 0.6) is 5.75 Å². The molecule has 2 amide bonds. The molecule has 4 heterocycles. The zero-order chi connectivity index (χ0) is 25.6. The quantitative estimate of drug-likeness (QED) is 0.579. The van der Waals surface area contributed by atoms with E-state index in [1.165, 1.54) is 32.8 Å². The van der Waals surface area contributed by atoms with E-state index in [4.69, 9.17) is 4.74 Å². The van der Waals surface area contributed by atoms with Gasteiger partial charge in [0.05, 0.1) is 36.7 Å². The summed E-state index contributed by atoms with van der Waals surface area (Å²) in [6.45, 7) is 3.57. The second-order valence-electron chi connectivity index (χ2n) is 8.61. The highest BCUT2D eigenvalue weighted by Gasteiger charge is 2.39. The molecule has 0 saturated carbocycles. The van der Waals surface area contributed by atoms with Crippen LogP contribution < -0.4 is 4.74 Å². The first-order valence-corrected chi connectivity index (χ1v) is 11.2. The van der Waals surface area contributed by atoms with Gasteiger partial charge in [-0.15, -0.1) is 0 Å². The van der Waals surface area contributed by atoms with E-state index in [-0.39, 0.29) is 42.1 Å². The molecule has 0 spiro atoms. The van der Waals surface area contributed by atoms with E-state index in [2.05, 4.69) is 15.2 Å². The molecular formula is C24H22F2N6O4. The highest BCUT2D eigenvalue weighted by atomic mass is 19.1. The Morgan fingerprint density at radius 3 is 2.64 bits per heavy atom. The molecule has 1 fully saturated rings. The maximum absolute atomic E-state index is 14.4. The average molecular weight is 496 g/mol. The normalized spacial score (nSPS) is 17.4. The summed E-state index contributed by atoms with van der Waals surface area (Å²) >= 11 is 0. The van der Waals surface area contributed by atoms with Gasteiger partial charge < -0.3 is 14.7 Å². The Labute approximate surface area is 204 Å². The van der Waals surface area contributed by atoms with Crippen molar-refractivity contribution in [3.63, 3.8) is 0 Å². The smallest absolute Gasteiger partial charge is 0.341 e.